The smallest absolute Gasteiger partial charge is 0.407 e. The fraction of sp³-hybridized carbons (Fsp3) is 0.262. The Hall–Kier alpha value is -4.42. The number of carbonyl (C=O) groups excluding carboxylic acids is 1. The number of carbonyl (C=O) groups is 1. The summed E-state index contributed by atoms with van der Waals surface area (Å²) in [5.74, 6) is 0.611. The van der Waals surface area contributed by atoms with Crippen molar-refractivity contribution in [3.8, 4) is 11.1 Å². The van der Waals surface area contributed by atoms with E-state index in [0.29, 0.717) is 10.9 Å². The molecular weight excluding hydrogens is 616 g/mol. The maximum atomic E-state index is 12.8. The Bertz CT molecular complexity index is 1790. The molecule has 0 aromatic heterocycles. The number of amides is 1. The monoisotopic (exact) mass is 656 g/mol. The maximum Gasteiger partial charge on any atom is 0.407 e. The van der Waals surface area contributed by atoms with Crippen LogP contribution in [0.25, 0.3) is 11.1 Å². The Kier molecular flexibility index (Phi) is 9.90. The standard InChI is InChI=1S/C42H41ClN2O3/c43-40-22-12-11-21-39(40)42(32-15-5-2-6-16-32,33-25-23-31(24-26-33)30-13-3-1-4-14-30)45-48-28-27-44-41(46)47-29-38-36-19-9-7-17-34(36)35-18-8-10-20-37(35)38/h2,5-12,15-26,30,38,45H,1,3-4,13-14,27-29H2,(H,44,46). The minimum absolute atomic E-state index is 0.00711. The van der Waals surface area contributed by atoms with Gasteiger partial charge in [-0.25, -0.2) is 4.79 Å². The normalized spacial score (nSPS) is 15.7. The molecule has 48 heavy (non-hydrogen) atoms. The minimum Gasteiger partial charge on any atom is -0.449 e. The van der Waals surface area contributed by atoms with E-state index in [2.05, 4.69) is 71.5 Å². The van der Waals surface area contributed by atoms with Gasteiger partial charge in [-0.1, -0.05) is 152 Å². The number of halogens is 1. The molecule has 244 valence electrons. The van der Waals surface area contributed by atoms with Crippen molar-refractivity contribution >= 4 is 17.7 Å². The molecule has 1 saturated carbocycles. The molecule has 0 bridgehead atoms. The summed E-state index contributed by atoms with van der Waals surface area (Å²) < 4.78 is 5.73. The number of benzene rings is 5. The third-order valence-corrected chi connectivity index (χ3v) is 10.3. The first-order valence-corrected chi connectivity index (χ1v) is 17.4. The van der Waals surface area contributed by atoms with E-state index in [4.69, 9.17) is 21.2 Å². The lowest BCUT2D eigenvalue weighted by Crippen LogP contribution is -2.46. The van der Waals surface area contributed by atoms with Gasteiger partial charge in [-0.15, -0.1) is 0 Å². The SMILES string of the molecule is O=C(NCCONC(c1ccccc1)(c1ccc(C2CCCCC2)cc1)c1ccccc1Cl)OCC1c2ccccc2-c2ccccc21. The first-order chi connectivity index (χ1) is 23.6. The molecule has 0 heterocycles. The van der Waals surface area contributed by atoms with Gasteiger partial charge in [0, 0.05) is 23.0 Å². The van der Waals surface area contributed by atoms with Gasteiger partial charge in [0.05, 0.1) is 6.61 Å². The molecule has 2 aliphatic carbocycles. The first-order valence-electron chi connectivity index (χ1n) is 17.0. The van der Waals surface area contributed by atoms with E-state index in [1.807, 2.05) is 66.7 Å². The quantitative estimate of drug-likeness (QED) is 0.0844. The first kappa shape index (κ1) is 32.1. The number of rotatable bonds is 11. The van der Waals surface area contributed by atoms with Gasteiger partial charge in [0.15, 0.2) is 0 Å². The summed E-state index contributed by atoms with van der Waals surface area (Å²) in [5, 5.41) is 3.49. The Morgan fingerprint density at radius 3 is 2.00 bits per heavy atom. The van der Waals surface area contributed by atoms with Crippen molar-refractivity contribution < 1.29 is 14.4 Å². The summed E-state index contributed by atoms with van der Waals surface area (Å²) in [6, 6.07) is 43.7. The van der Waals surface area contributed by atoms with Gasteiger partial charge in [-0.3, -0.25) is 4.84 Å². The van der Waals surface area contributed by atoms with Crippen LogP contribution in [0.1, 0.15) is 77.3 Å². The molecule has 1 fully saturated rings. The predicted octanol–water partition coefficient (Wildman–Crippen LogP) is 9.74. The third-order valence-electron chi connectivity index (χ3n) is 9.95. The largest absolute Gasteiger partial charge is 0.449 e. The van der Waals surface area contributed by atoms with Crippen molar-refractivity contribution in [1.29, 1.82) is 0 Å². The fourth-order valence-corrected chi connectivity index (χ4v) is 7.84. The van der Waals surface area contributed by atoms with Crippen LogP contribution in [0, 0.1) is 0 Å². The Labute approximate surface area is 288 Å². The summed E-state index contributed by atoms with van der Waals surface area (Å²) in [5.41, 5.74) is 11.6. The fourth-order valence-electron chi connectivity index (χ4n) is 7.56. The zero-order chi connectivity index (χ0) is 32.8. The van der Waals surface area contributed by atoms with E-state index in [1.54, 1.807) is 0 Å². The van der Waals surface area contributed by atoms with Crippen molar-refractivity contribution in [1.82, 2.24) is 10.8 Å². The second kappa shape index (κ2) is 14.8. The second-order valence-electron chi connectivity index (χ2n) is 12.8. The molecule has 0 spiro atoms. The summed E-state index contributed by atoms with van der Waals surface area (Å²) in [4.78, 5) is 19.0. The molecule has 2 aliphatic rings. The number of nitrogens with one attached hydrogen (secondary N) is 2. The molecule has 6 heteroatoms. The molecule has 5 aromatic rings. The van der Waals surface area contributed by atoms with Crippen molar-refractivity contribution in [2.24, 2.45) is 0 Å². The lowest BCUT2D eigenvalue weighted by atomic mass is 9.76. The van der Waals surface area contributed by atoms with Crippen LogP contribution in [0.2, 0.25) is 5.02 Å². The molecular formula is C42H41ClN2O3. The Morgan fingerprint density at radius 2 is 1.31 bits per heavy atom. The van der Waals surface area contributed by atoms with Gasteiger partial charge in [-0.2, -0.15) is 5.48 Å². The number of hydrogen-bond donors (Lipinski definition) is 2. The highest BCUT2D eigenvalue weighted by Crippen LogP contribution is 2.45. The molecule has 0 aliphatic heterocycles. The van der Waals surface area contributed by atoms with Crippen molar-refractivity contribution in [2.45, 2.75) is 49.5 Å². The van der Waals surface area contributed by atoms with E-state index in [1.165, 1.54) is 59.9 Å². The highest BCUT2D eigenvalue weighted by Gasteiger charge is 2.39. The van der Waals surface area contributed by atoms with E-state index in [0.717, 1.165) is 16.7 Å². The molecule has 1 amide bonds. The molecule has 1 unspecified atom stereocenters. The average Bonchev–Trinajstić information content (AvgIpc) is 3.47. The molecule has 2 N–H and O–H groups in total. The zero-order valence-electron chi connectivity index (χ0n) is 27.0. The van der Waals surface area contributed by atoms with E-state index in [-0.39, 0.29) is 25.7 Å². The van der Waals surface area contributed by atoms with Crippen molar-refractivity contribution in [3.05, 3.63) is 166 Å². The van der Waals surface area contributed by atoms with Gasteiger partial charge in [0.1, 0.15) is 12.1 Å². The van der Waals surface area contributed by atoms with Crippen LogP contribution in [0.4, 0.5) is 4.79 Å². The Balaban J connectivity index is 1.05. The van der Waals surface area contributed by atoms with Gasteiger partial charge in [0.25, 0.3) is 0 Å². The van der Waals surface area contributed by atoms with E-state index in [9.17, 15) is 4.79 Å². The van der Waals surface area contributed by atoms with Crippen LogP contribution in [0.3, 0.4) is 0 Å². The molecule has 5 aromatic carbocycles. The van der Waals surface area contributed by atoms with Gasteiger partial charge in [0.2, 0.25) is 0 Å². The highest BCUT2D eigenvalue weighted by molar-refractivity contribution is 6.31. The number of ether oxygens (including phenoxy) is 1. The van der Waals surface area contributed by atoms with Crippen LogP contribution < -0.4 is 10.8 Å². The number of alkyl carbamates (subject to hydrolysis) is 1. The molecule has 7 rings (SSSR count). The average molecular weight is 657 g/mol. The third kappa shape index (κ3) is 6.51. The highest BCUT2D eigenvalue weighted by atomic mass is 35.5. The van der Waals surface area contributed by atoms with Crippen LogP contribution in [-0.4, -0.2) is 25.9 Å². The summed E-state index contributed by atoms with van der Waals surface area (Å²) in [6.45, 7) is 0.737. The number of hydroxylamine groups is 1. The topological polar surface area (TPSA) is 59.6 Å². The molecule has 0 radical (unpaired) electrons. The van der Waals surface area contributed by atoms with Gasteiger partial charge < -0.3 is 10.1 Å². The van der Waals surface area contributed by atoms with Crippen molar-refractivity contribution in [2.75, 3.05) is 19.8 Å². The van der Waals surface area contributed by atoms with E-state index >= 15 is 0 Å². The van der Waals surface area contributed by atoms with Crippen LogP contribution in [-0.2, 0) is 15.1 Å². The summed E-state index contributed by atoms with van der Waals surface area (Å²) >= 11 is 6.93. The predicted molar refractivity (Wildman–Crippen MR) is 192 cm³/mol. The number of hydrogen-bond acceptors (Lipinski definition) is 4. The molecule has 5 nitrogen and oxygen atoms in total. The van der Waals surface area contributed by atoms with Gasteiger partial charge >= 0.3 is 6.09 Å². The van der Waals surface area contributed by atoms with Crippen LogP contribution in [0.15, 0.2) is 127 Å². The zero-order valence-corrected chi connectivity index (χ0v) is 27.8. The van der Waals surface area contributed by atoms with Crippen LogP contribution in [0.5, 0.6) is 0 Å². The lowest BCUT2D eigenvalue weighted by molar-refractivity contribution is 0.00239. The number of fused-ring (bicyclic) bond motifs is 3. The molecule has 1 atom stereocenters. The maximum absolute atomic E-state index is 12.8. The molecule has 0 saturated heterocycles. The Morgan fingerprint density at radius 1 is 0.708 bits per heavy atom. The summed E-state index contributed by atoms with van der Waals surface area (Å²) in [6.07, 6.45) is 5.92. The van der Waals surface area contributed by atoms with Crippen molar-refractivity contribution in [3.63, 3.8) is 0 Å². The second-order valence-corrected chi connectivity index (χ2v) is 13.2. The van der Waals surface area contributed by atoms with Gasteiger partial charge in [-0.05, 0) is 63.8 Å². The summed E-state index contributed by atoms with van der Waals surface area (Å²) in [7, 11) is 0. The van der Waals surface area contributed by atoms with Crippen LogP contribution >= 0.6 is 11.6 Å². The lowest BCUT2D eigenvalue weighted by Gasteiger charge is -2.37. The van der Waals surface area contributed by atoms with E-state index < -0.39 is 11.6 Å². The minimum atomic E-state index is -0.894.